The van der Waals surface area contributed by atoms with Gasteiger partial charge in [0.1, 0.15) is 16.6 Å². The third-order valence-electron chi connectivity index (χ3n) is 3.77. The largest absolute Gasteiger partial charge is 0.455 e. The van der Waals surface area contributed by atoms with Crippen molar-refractivity contribution in [2.45, 2.75) is 30.4 Å². The van der Waals surface area contributed by atoms with Crippen molar-refractivity contribution in [1.29, 1.82) is 0 Å². The summed E-state index contributed by atoms with van der Waals surface area (Å²) in [6.45, 7) is 0.789. The van der Waals surface area contributed by atoms with Crippen LogP contribution in [0.1, 0.15) is 28.9 Å². The van der Waals surface area contributed by atoms with Crippen molar-refractivity contribution in [3.8, 4) is 0 Å². The SMILES string of the molecule is O=C(OCc1nnsc1Cl)c1ccc(S(=O)(=O)NCC2CCCO2)cc1. The Hall–Kier alpha value is -1.59. The number of aromatic nitrogens is 2. The van der Waals surface area contributed by atoms with Crippen molar-refractivity contribution in [3.05, 3.63) is 39.9 Å². The van der Waals surface area contributed by atoms with Gasteiger partial charge in [0.2, 0.25) is 10.0 Å². The minimum atomic E-state index is -3.66. The molecule has 0 radical (unpaired) electrons. The Morgan fingerprint density at radius 1 is 1.38 bits per heavy atom. The number of ether oxygens (including phenoxy) is 2. The maximum atomic E-state index is 12.3. The summed E-state index contributed by atoms with van der Waals surface area (Å²) in [6, 6.07) is 5.49. The summed E-state index contributed by atoms with van der Waals surface area (Å²) in [5.41, 5.74) is 0.602. The fourth-order valence-electron chi connectivity index (χ4n) is 2.36. The number of nitrogens with one attached hydrogen (secondary N) is 1. The summed E-state index contributed by atoms with van der Waals surface area (Å²) in [5, 5.41) is 3.74. The van der Waals surface area contributed by atoms with Crippen LogP contribution in [0.2, 0.25) is 4.34 Å². The van der Waals surface area contributed by atoms with E-state index in [1.807, 2.05) is 0 Å². The van der Waals surface area contributed by atoms with E-state index in [-0.39, 0.29) is 29.7 Å². The van der Waals surface area contributed by atoms with Crippen molar-refractivity contribution >= 4 is 39.1 Å². The van der Waals surface area contributed by atoms with Gasteiger partial charge in [0.15, 0.2) is 0 Å². The van der Waals surface area contributed by atoms with E-state index in [9.17, 15) is 13.2 Å². The molecule has 26 heavy (non-hydrogen) atoms. The number of hydrogen-bond acceptors (Lipinski definition) is 8. The van der Waals surface area contributed by atoms with Crippen molar-refractivity contribution in [2.75, 3.05) is 13.2 Å². The number of carbonyl (C=O) groups excluding carboxylic acids is 1. The molecule has 1 aliphatic rings. The first-order chi connectivity index (χ1) is 12.5. The van der Waals surface area contributed by atoms with E-state index in [0.717, 1.165) is 24.4 Å². The number of sulfonamides is 1. The van der Waals surface area contributed by atoms with E-state index < -0.39 is 16.0 Å². The number of nitrogens with zero attached hydrogens (tertiary/aromatic N) is 2. The van der Waals surface area contributed by atoms with E-state index in [0.29, 0.717) is 16.6 Å². The standard InChI is InChI=1S/C15H16ClN3O5S2/c16-14-13(18-19-25-14)9-24-15(20)10-3-5-12(6-4-10)26(21,22)17-8-11-2-1-7-23-11/h3-6,11,17H,1-2,7-9H2. The summed E-state index contributed by atoms with van der Waals surface area (Å²) in [5.74, 6) is -0.606. The van der Waals surface area contributed by atoms with Crippen molar-refractivity contribution < 1.29 is 22.7 Å². The number of benzene rings is 1. The molecule has 3 rings (SSSR count). The van der Waals surface area contributed by atoms with Gasteiger partial charge in [0, 0.05) is 24.7 Å². The van der Waals surface area contributed by atoms with Crippen LogP contribution in [0.15, 0.2) is 29.2 Å². The van der Waals surface area contributed by atoms with Crippen LogP contribution in [0.25, 0.3) is 0 Å². The molecule has 0 aliphatic carbocycles. The molecule has 1 atom stereocenters. The van der Waals surface area contributed by atoms with Crippen molar-refractivity contribution in [1.82, 2.24) is 14.3 Å². The maximum absolute atomic E-state index is 12.3. The topological polar surface area (TPSA) is 107 Å². The first kappa shape index (κ1) is 19.2. The lowest BCUT2D eigenvalue weighted by Gasteiger charge is -2.11. The summed E-state index contributed by atoms with van der Waals surface area (Å²) in [6.07, 6.45) is 1.68. The molecule has 0 saturated carbocycles. The zero-order valence-electron chi connectivity index (χ0n) is 13.6. The van der Waals surface area contributed by atoms with Gasteiger partial charge in [0.25, 0.3) is 0 Å². The molecule has 1 aromatic heterocycles. The normalized spacial score (nSPS) is 17.3. The van der Waals surface area contributed by atoms with Crippen LogP contribution >= 0.6 is 23.1 Å². The molecule has 140 valence electrons. The van der Waals surface area contributed by atoms with Crippen LogP contribution in [-0.2, 0) is 26.1 Å². The third-order valence-corrected chi connectivity index (χ3v) is 6.20. The summed E-state index contributed by atoms with van der Waals surface area (Å²) >= 11 is 6.84. The van der Waals surface area contributed by atoms with Gasteiger partial charge >= 0.3 is 5.97 Å². The first-order valence-corrected chi connectivity index (χ1v) is 10.4. The number of halogens is 1. The number of rotatable bonds is 7. The highest BCUT2D eigenvalue weighted by Crippen LogP contribution is 2.19. The second kappa shape index (κ2) is 8.40. The average Bonchev–Trinajstić information content (AvgIpc) is 3.30. The van der Waals surface area contributed by atoms with Crippen molar-refractivity contribution in [3.63, 3.8) is 0 Å². The van der Waals surface area contributed by atoms with Gasteiger partial charge in [-0.1, -0.05) is 16.1 Å². The van der Waals surface area contributed by atoms with E-state index in [1.165, 1.54) is 24.3 Å². The first-order valence-electron chi connectivity index (χ1n) is 7.81. The predicted molar refractivity (Wildman–Crippen MR) is 94.6 cm³/mol. The van der Waals surface area contributed by atoms with E-state index in [1.54, 1.807) is 0 Å². The minimum absolute atomic E-state index is 0.0683. The van der Waals surface area contributed by atoms with Crippen LogP contribution in [0.4, 0.5) is 0 Å². The highest BCUT2D eigenvalue weighted by molar-refractivity contribution is 7.89. The molecule has 1 saturated heterocycles. The number of carbonyl (C=O) groups is 1. The van der Waals surface area contributed by atoms with E-state index in [2.05, 4.69) is 14.3 Å². The smallest absolute Gasteiger partial charge is 0.338 e. The molecule has 1 aliphatic heterocycles. The summed E-state index contributed by atoms with van der Waals surface area (Å²) < 4.78 is 41.6. The van der Waals surface area contributed by atoms with Gasteiger partial charge in [-0.05, 0) is 37.1 Å². The van der Waals surface area contributed by atoms with Crippen LogP contribution in [0.3, 0.4) is 0 Å². The monoisotopic (exact) mass is 417 g/mol. The quantitative estimate of drug-likeness (QED) is 0.686. The lowest BCUT2D eigenvalue weighted by atomic mass is 10.2. The maximum Gasteiger partial charge on any atom is 0.338 e. The highest BCUT2D eigenvalue weighted by Gasteiger charge is 2.20. The second-order valence-electron chi connectivity index (χ2n) is 5.58. The molecule has 1 fully saturated rings. The van der Waals surface area contributed by atoms with Gasteiger partial charge in [-0.3, -0.25) is 0 Å². The van der Waals surface area contributed by atoms with Crippen molar-refractivity contribution in [2.24, 2.45) is 0 Å². The number of hydrogen-bond donors (Lipinski definition) is 1. The van der Waals surface area contributed by atoms with Gasteiger partial charge in [-0.15, -0.1) is 5.10 Å². The number of esters is 1. The molecule has 2 heterocycles. The predicted octanol–water partition coefficient (Wildman–Crippen LogP) is 2.01. The molecule has 1 aromatic carbocycles. The summed E-state index contributed by atoms with van der Waals surface area (Å²) in [7, 11) is -3.66. The minimum Gasteiger partial charge on any atom is -0.455 e. The van der Waals surface area contributed by atoms with E-state index in [4.69, 9.17) is 21.1 Å². The Morgan fingerprint density at radius 3 is 2.77 bits per heavy atom. The Balaban J connectivity index is 1.58. The molecule has 11 heteroatoms. The molecule has 1 N–H and O–H groups in total. The van der Waals surface area contributed by atoms with Crippen LogP contribution in [0, 0.1) is 0 Å². The molecule has 8 nitrogen and oxygen atoms in total. The van der Waals surface area contributed by atoms with E-state index >= 15 is 0 Å². The highest BCUT2D eigenvalue weighted by atomic mass is 35.5. The fraction of sp³-hybridized carbons (Fsp3) is 0.400. The lowest BCUT2D eigenvalue weighted by molar-refractivity contribution is 0.0468. The molecule has 2 aromatic rings. The second-order valence-corrected chi connectivity index (χ2v) is 8.70. The van der Waals surface area contributed by atoms with Gasteiger partial charge in [-0.2, -0.15) is 0 Å². The molecule has 1 unspecified atom stereocenters. The molecular formula is C15H16ClN3O5S2. The van der Waals surface area contributed by atoms with Crippen LogP contribution < -0.4 is 4.72 Å². The molecular weight excluding hydrogens is 402 g/mol. The van der Waals surface area contributed by atoms with Gasteiger partial charge < -0.3 is 9.47 Å². The van der Waals surface area contributed by atoms with Gasteiger partial charge in [-0.25, -0.2) is 17.9 Å². The fourth-order valence-corrected chi connectivity index (χ4v) is 4.03. The lowest BCUT2D eigenvalue weighted by Crippen LogP contribution is -2.31. The zero-order chi connectivity index (χ0) is 18.6. The third kappa shape index (κ3) is 4.77. The Bertz CT molecular complexity index is 864. The molecule has 0 amide bonds. The van der Waals surface area contributed by atoms with Crippen LogP contribution in [0.5, 0.6) is 0 Å². The Kier molecular flexibility index (Phi) is 6.20. The average molecular weight is 418 g/mol. The Labute approximate surface area is 159 Å². The molecule has 0 bridgehead atoms. The van der Waals surface area contributed by atoms with Gasteiger partial charge in [0.05, 0.1) is 16.6 Å². The van der Waals surface area contributed by atoms with Crippen LogP contribution in [-0.4, -0.2) is 43.2 Å². The Morgan fingerprint density at radius 2 is 2.15 bits per heavy atom. The zero-order valence-corrected chi connectivity index (χ0v) is 15.9. The molecule has 0 spiro atoms. The summed E-state index contributed by atoms with van der Waals surface area (Å²) in [4.78, 5) is 12.1.